The Bertz CT molecular complexity index is 387. The number of aromatic nitrogens is 1. The fourth-order valence-electron chi connectivity index (χ4n) is 1.32. The van der Waals surface area contributed by atoms with E-state index in [0.717, 1.165) is 6.42 Å². The summed E-state index contributed by atoms with van der Waals surface area (Å²) in [4.78, 5) is 4.03. The predicted octanol–water partition coefficient (Wildman–Crippen LogP) is 2.32. The Morgan fingerprint density at radius 1 is 1.41 bits per heavy atom. The molecule has 4 nitrogen and oxygen atoms in total. The summed E-state index contributed by atoms with van der Waals surface area (Å²) in [6.07, 6.45) is 7.60. The van der Waals surface area contributed by atoms with E-state index in [9.17, 15) is 5.11 Å². The molecule has 0 aliphatic heterocycles. The van der Waals surface area contributed by atoms with E-state index in [1.807, 2.05) is 26.8 Å². The van der Waals surface area contributed by atoms with Crippen LogP contribution in [0.25, 0.3) is 6.08 Å². The summed E-state index contributed by atoms with van der Waals surface area (Å²) in [6, 6.07) is 0.108. The van der Waals surface area contributed by atoms with Gasteiger partial charge in [-0.3, -0.25) is 4.98 Å². The van der Waals surface area contributed by atoms with Gasteiger partial charge in [0.2, 0.25) is 0 Å². The molecule has 0 spiro atoms. The predicted molar refractivity (Wildman–Crippen MR) is 69.0 cm³/mol. The van der Waals surface area contributed by atoms with Crippen LogP contribution in [0.1, 0.15) is 32.8 Å². The van der Waals surface area contributed by atoms with Crippen molar-refractivity contribution in [3.63, 3.8) is 0 Å². The van der Waals surface area contributed by atoms with E-state index >= 15 is 0 Å². The lowest BCUT2D eigenvalue weighted by molar-refractivity contribution is 0.230. The minimum absolute atomic E-state index is 0.00555. The fraction of sp³-hybridized carbons (Fsp3) is 0.462. The van der Waals surface area contributed by atoms with E-state index < -0.39 is 0 Å². The van der Waals surface area contributed by atoms with Crippen LogP contribution in [-0.4, -0.2) is 22.2 Å². The van der Waals surface area contributed by atoms with Crippen LogP contribution < -0.4 is 10.5 Å². The standard InChI is InChI=1S/C13H20N2O2/c1-9(2)17-12-8-15-7-11(13(12)16)6-4-5-10(3)14/h4,6-10H,5,14H2,1-3H3,(H,15,16)/b6-4+. The van der Waals surface area contributed by atoms with Crippen molar-refractivity contribution in [2.75, 3.05) is 0 Å². The molecule has 0 aliphatic rings. The van der Waals surface area contributed by atoms with Crippen molar-refractivity contribution in [1.82, 2.24) is 4.98 Å². The summed E-state index contributed by atoms with van der Waals surface area (Å²) in [7, 11) is 0. The van der Waals surface area contributed by atoms with Crippen LogP contribution in [0.5, 0.6) is 11.5 Å². The first kappa shape index (κ1) is 13.5. The molecular formula is C13H20N2O2. The van der Waals surface area contributed by atoms with Gasteiger partial charge in [0, 0.05) is 17.8 Å². The average molecular weight is 236 g/mol. The van der Waals surface area contributed by atoms with Crippen LogP contribution in [-0.2, 0) is 0 Å². The fourth-order valence-corrected chi connectivity index (χ4v) is 1.32. The third-order valence-corrected chi connectivity index (χ3v) is 2.08. The van der Waals surface area contributed by atoms with Crippen molar-refractivity contribution in [3.05, 3.63) is 24.0 Å². The number of hydrogen-bond donors (Lipinski definition) is 2. The first-order valence-electron chi connectivity index (χ1n) is 5.76. The number of nitrogens with zero attached hydrogens (tertiary/aromatic N) is 1. The largest absolute Gasteiger partial charge is 0.504 e. The molecule has 1 heterocycles. The second-order valence-corrected chi connectivity index (χ2v) is 4.36. The molecule has 0 fully saturated rings. The molecule has 1 aromatic heterocycles. The Labute approximate surface area is 102 Å². The van der Waals surface area contributed by atoms with Crippen LogP contribution in [0.4, 0.5) is 0 Å². The van der Waals surface area contributed by atoms with Gasteiger partial charge in [0.05, 0.1) is 12.3 Å². The number of ether oxygens (including phenoxy) is 1. The van der Waals surface area contributed by atoms with Crippen molar-refractivity contribution in [3.8, 4) is 11.5 Å². The average Bonchev–Trinajstić information content (AvgIpc) is 2.22. The highest BCUT2D eigenvalue weighted by molar-refractivity contribution is 5.60. The number of hydrogen-bond acceptors (Lipinski definition) is 4. The van der Waals surface area contributed by atoms with Crippen molar-refractivity contribution in [2.45, 2.75) is 39.3 Å². The van der Waals surface area contributed by atoms with Gasteiger partial charge in [0.15, 0.2) is 11.5 Å². The van der Waals surface area contributed by atoms with E-state index in [0.29, 0.717) is 11.3 Å². The van der Waals surface area contributed by atoms with E-state index in [1.54, 1.807) is 12.3 Å². The van der Waals surface area contributed by atoms with Crippen molar-refractivity contribution < 1.29 is 9.84 Å². The molecule has 0 saturated carbocycles. The van der Waals surface area contributed by atoms with Gasteiger partial charge < -0.3 is 15.6 Å². The highest BCUT2D eigenvalue weighted by atomic mass is 16.5. The minimum Gasteiger partial charge on any atom is -0.504 e. The first-order chi connectivity index (χ1) is 8.00. The van der Waals surface area contributed by atoms with Gasteiger partial charge in [-0.15, -0.1) is 0 Å². The Morgan fingerprint density at radius 3 is 2.71 bits per heavy atom. The molecule has 3 N–H and O–H groups in total. The lowest BCUT2D eigenvalue weighted by Gasteiger charge is -2.11. The zero-order valence-corrected chi connectivity index (χ0v) is 10.6. The lowest BCUT2D eigenvalue weighted by atomic mass is 10.2. The molecule has 0 aromatic carbocycles. The summed E-state index contributed by atoms with van der Waals surface area (Å²) < 4.78 is 5.44. The van der Waals surface area contributed by atoms with Gasteiger partial charge in [0.1, 0.15) is 0 Å². The van der Waals surface area contributed by atoms with Gasteiger partial charge in [-0.05, 0) is 27.2 Å². The Hall–Kier alpha value is -1.55. The summed E-state index contributed by atoms with van der Waals surface area (Å²) in [5.41, 5.74) is 6.28. The third-order valence-electron chi connectivity index (χ3n) is 2.08. The quantitative estimate of drug-likeness (QED) is 0.823. The number of nitrogens with two attached hydrogens (primary N) is 1. The summed E-state index contributed by atoms with van der Waals surface area (Å²) in [6.45, 7) is 5.73. The van der Waals surface area contributed by atoms with E-state index in [4.69, 9.17) is 10.5 Å². The molecule has 0 saturated heterocycles. The maximum atomic E-state index is 9.96. The van der Waals surface area contributed by atoms with Gasteiger partial charge in [0.25, 0.3) is 0 Å². The second-order valence-electron chi connectivity index (χ2n) is 4.36. The summed E-state index contributed by atoms with van der Waals surface area (Å²) in [5, 5.41) is 9.96. The van der Waals surface area contributed by atoms with Gasteiger partial charge >= 0.3 is 0 Å². The molecule has 1 unspecified atom stereocenters. The normalized spacial score (nSPS) is 13.2. The topological polar surface area (TPSA) is 68.4 Å². The van der Waals surface area contributed by atoms with Crippen LogP contribution in [0.3, 0.4) is 0 Å². The molecule has 1 rings (SSSR count). The monoisotopic (exact) mass is 236 g/mol. The molecular weight excluding hydrogens is 216 g/mol. The van der Waals surface area contributed by atoms with Crippen LogP contribution in [0.15, 0.2) is 18.5 Å². The maximum Gasteiger partial charge on any atom is 0.180 e. The van der Waals surface area contributed by atoms with E-state index in [2.05, 4.69) is 4.98 Å². The van der Waals surface area contributed by atoms with Crippen molar-refractivity contribution >= 4 is 6.08 Å². The molecule has 4 heteroatoms. The molecule has 17 heavy (non-hydrogen) atoms. The Balaban J connectivity index is 2.83. The van der Waals surface area contributed by atoms with Crippen LogP contribution in [0.2, 0.25) is 0 Å². The van der Waals surface area contributed by atoms with Crippen molar-refractivity contribution in [1.29, 1.82) is 0 Å². The Morgan fingerprint density at radius 2 is 2.12 bits per heavy atom. The molecule has 0 aliphatic carbocycles. The number of pyridine rings is 1. The molecule has 1 aromatic rings. The molecule has 0 amide bonds. The highest BCUT2D eigenvalue weighted by Crippen LogP contribution is 2.30. The van der Waals surface area contributed by atoms with E-state index in [-0.39, 0.29) is 17.9 Å². The van der Waals surface area contributed by atoms with Crippen LogP contribution in [0, 0.1) is 0 Å². The number of rotatable bonds is 5. The second kappa shape index (κ2) is 6.25. The summed E-state index contributed by atoms with van der Waals surface area (Å²) in [5.74, 6) is 0.526. The lowest BCUT2D eigenvalue weighted by Crippen LogP contribution is -2.12. The van der Waals surface area contributed by atoms with E-state index in [1.165, 1.54) is 6.20 Å². The highest BCUT2D eigenvalue weighted by Gasteiger charge is 2.08. The van der Waals surface area contributed by atoms with Gasteiger partial charge in [-0.1, -0.05) is 12.2 Å². The SMILES string of the molecule is CC(N)C/C=C/c1cncc(OC(C)C)c1O. The number of aromatic hydroxyl groups is 1. The first-order valence-corrected chi connectivity index (χ1v) is 5.76. The zero-order valence-electron chi connectivity index (χ0n) is 10.6. The maximum absolute atomic E-state index is 9.96. The molecule has 1 atom stereocenters. The third kappa shape index (κ3) is 4.44. The van der Waals surface area contributed by atoms with Crippen molar-refractivity contribution in [2.24, 2.45) is 5.73 Å². The minimum atomic E-state index is 0.00555. The molecule has 94 valence electrons. The van der Waals surface area contributed by atoms with Gasteiger partial charge in [-0.2, -0.15) is 0 Å². The smallest absolute Gasteiger partial charge is 0.180 e. The van der Waals surface area contributed by atoms with Crippen LogP contribution >= 0.6 is 0 Å². The Kier molecular flexibility index (Phi) is 4.97. The molecule has 0 radical (unpaired) electrons. The molecule has 0 bridgehead atoms. The van der Waals surface area contributed by atoms with Gasteiger partial charge in [-0.25, -0.2) is 0 Å². The summed E-state index contributed by atoms with van der Waals surface area (Å²) >= 11 is 0. The zero-order chi connectivity index (χ0) is 12.8.